The minimum atomic E-state index is 0.0581. The van der Waals surface area contributed by atoms with E-state index in [0.29, 0.717) is 18.7 Å². The van der Waals surface area contributed by atoms with Crippen LogP contribution in [0, 0.1) is 0 Å². The molecule has 0 saturated heterocycles. The predicted molar refractivity (Wildman–Crippen MR) is 113 cm³/mol. The van der Waals surface area contributed by atoms with Crippen molar-refractivity contribution in [2.24, 2.45) is 0 Å². The molecule has 6 nitrogen and oxygen atoms in total. The highest BCUT2D eigenvalue weighted by Gasteiger charge is 2.28. The summed E-state index contributed by atoms with van der Waals surface area (Å²) in [6, 6.07) is 6.06. The Balaban J connectivity index is 1.45. The van der Waals surface area contributed by atoms with Crippen LogP contribution >= 0.6 is 15.9 Å². The Kier molecular flexibility index (Phi) is 4.36. The van der Waals surface area contributed by atoms with Gasteiger partial charge in [0.05, 0.1) is 24.0 Å². The van der Waals surface area contributed by atoms with Crippen molar-refractivity contribution in [1.29, 1.82) is 0 Å². The maximum atomic E-state index is 13.2. The van der Waals surface area contributed by atoms with Crippen molar-refractivity contribution in [2.75, 3.05) is 13.1 Å². The number of carbonyl (C=O) groups excluding carboxylic acids is 1. The maximum Gasteiger partial charge on any atom is 0.254 e. The van der Waals surface area contributed by atoms with E-state index in [1.165, 1.54) is 5.57 Å². The molecule has 144 valence electrons. The summed E-state index contributed by atoms with van der Waals surface area (Å²) in [4.78, 5) is 18.6. The molecular formula is C21H22BrN5O. The van der Waals surface area contributed by atoms with Crippen LogP contribution in [0.1, 0.15) is 40.7 Å². The topological polar surface area (TPSA) is 66.0 Å². The highest BCUT2D eigenvalue weighted by atomic mass is 79.9. The largest absolute Gasteiger partial charge is 0.354 e. The SMILES string of the molecule is CCn1ncc2c1CN(C(=O)c1cc(Br)c3[nH]c(C4=CCCNC4)cc3c1)C2. The number of benzene rings is 1. The summed E-state index contributed by atoms with van der Waals surface area (Å²) in [5.41, 5.74) is 6.43. The Bertz CT molecular complexity index is 1110. The number of rotatable bonds is 3. The predicted octanol–water partition coefficient (Wildman–Crippen LogP) is 3.68. The third-order valence-corrected chi connectivity index (χ3v) is 6.25. The highest BCUT2D eigenvalue weighted by Crippen LogP contribution is 2.31. The summed E-state index contributed by atoms with van der Waals surface area (Å²) in [6.45, 7) is 6.04. The summed E-state index contributed by atoms with van der Waals surface area (Å²) in [7, 11) is 0. The van der Waals surface area contributed by atoms with Crippen LogP contribution < -0.4 is 5.32 Å². The van der Waals surface area contributed by atoms with Crippen LogP contribution in [0.15, 0.2) is 34.9 Å². The zero-order valence-corrected chi connectivity index (χ0v) is 17.3. The van der Waals surface area contributed by atoms with Crippen molar-refractivity contribution < 1.29 is 4.79 Å². The molecular weight excluding hydrogens is 418 g/mol. The third-order valence-electron chi connectivity index (χ3n) is 5.62. The summed E-state index contributed by atoms with van der Waals surface area (Å²) < 4.78 is 2.90. The first-order valence-corrected chi connectivity index (χ1v) is 10.5. The number of carbonyl (C=O) groups is 1. The Morgan fingerprint density at radius 3 is 2.96 bits per heavy atom. The van der Waals surface area contributed by atoms with Crippen molar-refractivity contribution >= 4 is 38.3 Å². The molecule has 0 spiro atoms. The van der Waals surface area contributed by atoms with Gasteiger partial charge in [-0.3, -0.25) is 9.48 Å². The normalized spacial score (nSPS) is 16.5. The number of H-pyrrole nitrogens is 1. The molecule has 2 aromatic heterocycles. The number of aryl methyl sites for hydroxylation is 1. The molecule has 0 radical (unpaired) electrons. The van der Waals surface area contributed by atoms with E-state index in [1.807, 2.05) is 27.9 Å². The number of fused-ring (bicyclic) bond motifs is 2. The molecule has 0 saturated carbocycles. The van der Waals surface area contributed by atoms with Gasteiger partial charge in [0.1, 0.15) is 0 Å². The second-order valence-electron chi connectivity index (χ2n) is 7.39. The average Bonchev–Trinajstić information content (AvgIpc) is 3.41. The van der Waals surface area contributed by atoms with Gasteiger partial charge < -0.3 is 15.2 Å². The number of aromatic nitrogens is 3. The van der Waals surface area contributed by atoms with Gasteiger partial charge >= 0.3 is 0 Å². The molecule has 3 aromatic rings. The first-order chi connectivity index (χ1) is 13.6. The molecule has 5 rings (SSSR count). The molecule has 0 fully saturated rings. The first kappa shape index (κ1) is 17.7. The number of aromatic amines is 1. The Labute approximate surface area is 171 Å². The second kappa shape index (κ2) is 6.90. The summed E-state index contributed by atoms with van der Waals surface area (Å²) in [6.07, 6.45) is 5.20. The monoisotopic (exact) mass is 439 g/mol. The Morgan fingerprint density at radius 2 is 2.18 bits per heavy atom. The minimum Gasteiger partial charge on any atom is -0.354 e. The van der Waals surface area contributed by atoms with Crippen molar-refractivity contribution in [3.63, 3.8) is 0 Å². The third kappa shape index (κ3) is 2.89. The van der Waals surface area contributed by atoms with Gasteiger partial charge in [-0.15, -0.1) is 0 Å². The smallest absolute Gasteiger partial charge is 0.254 e. The Morgan fingerprint density at radius 1 is 1.29 bits per heavy atom. The Hall–Kier alpha value is -2.38. The lowest BCUT2D eigenvalue weighted by Crippen LogP contribution is -2.26. The molecule has 1 aromatic carbocycles. The molecule has 28 heavy (non-hydrogen) atoms. The number of nitrogens with zero attached hydrogens (tertiary/aromatic N) is 3. The van der Waals surface area contributed by atoms with Crippen LogP contribution in [0.3, 0.4) is 0 Å². The van der Waals surface area contributed by atoms with Crippen LogP contribution in [-0.2, 0) is 19.6 Å². The van der Waals surface area contributed by atoms with E-state index in [2.05, 4.69) is 50.4 Å². The molecule has 0 atom stereocenters. The zero-order chi connectivity index (χ0) is 19.3. The summed E-state index contributed by atoms with van der Waals surface area (Å²) in [5, 5.41) is 8.84. The lowest BCUT2D eigenvalue weighted by atomic mass is 10.1. The van der Waals surface area contributed by atoms with Crippen molar-refractivity contribution in [3.8, 4) is 0 Å². The van der Waals surface area contributed by atoms with E-state index in [1.54, 1.807) is 0 Å². The first-order valence-electron chi connectivity index (χ1n) is 9.69. The minimum absolute atomic E-state index is 0.0581. The highest BCUT2D eigenvalue weighted by molar-refractivity contribution is 9.10. The lowest BCUT2D eigenvalue weighted by molar-refractivity contribution is 0.0748. The van der Waals surface area contributed by atoms with E-state index < -0.39 is 0 Å². The standard InChI is InChI=1S/C21H22BrN5O/c1-2-27-19-12-26(11-16(19)10-24-27)21(28)15-6-14-8-18(13-4-3-5-23-9-13)25-20(14)17(22)7-15/h4,6-8,10,23,25H,2-3,5,9,11-12H2,1H3. The summed E-state index contributed by atoms with van der Waals surface area (Å²) in [5.74, 6) is 0.0581. The van der Waals surface area contributed by atoms with E-state index >= 15 is 0 Å². The maximum absolute atomic E-state index is 13.2. The number of nitrogens with one attached hydrogen (secondary N) is 2. The van der Waals surface area contributed by atoms with Gasteiger partial charge in [0.25, 0.3) is 5.91 Å². The van der Waals surface area contributed by atoms with Crippen LogP contribution in [0.2, 0.25) is 0 Å². The molecule has 1 amide bonds. The number of hydrogen-bond donors (Lipinski definition) is 2. The molecule has 0 aliphatic carbocycles. The molecule has 2 aliphatic heterocycles. The van der Waals surface area contributed by atoms with Crippen LogP contribution in [0.25, 0.3) is 16.5 Å². The van der Waals surface area contributed by atoms with Gasteiger partial charge in [-0.1, -0.05) is 6.08 Å². The van der Waals surface area contributed by atoms with Gasteiger partial charge in [-0.25, -0.2) is 0 Å². The van der Waals surface area contributed by atoms with Crippen LogP contribution in [0.4, 0.5) is 0 Å². The van der Waals surface area contributed by atoms with Crippen LogP contribution in [-0.4, -0.2) is 38.7 Å². The quantitative estimate of drug-likeness (QED) is 0.653. The average molecular weight is 440 g/mol. The van der Waals surface area contributed by atoms with Crippen molar-refractivity contribution in [1.82, 2.24) is 25.0 Å². The molecule has 2 N–H and O–H groups in total. The van der Waals surface area contributed by atoms with Crippen molar-refractivity contribution in [2.45, 2.75) is 33.0 Å². The van der Waals surface area contributed by atoms with E-state index in [-0.39, 0.29) is 5.91 Å². The number of halogens is 1. The van der Waals surface area contributed by atoms with Crippen molar-refractivity contribution in [3.05, 3.63) is 57.5 Å². The fourth-order valence-corrected chi connectivity index (χ4v) is 4.73. The van der Waals surface area contributed by atoms with Gasteiger partial charge in [0.2, 0.25) is 0 Å². The number of amides is 1. The van der Waals surface area contributed by atoms with Gasteiger partial charge in [-0.05, 0) is 59.6 Å². The molecule has 0 bridgehead atoms. The van der Waals surface area contributed by atoms with Gasteiger partial charge in [-0.2, -0.15) is 5.10 Å². The van der Waals surface area contributed by atoms with E-state index in [0.717, 1.165) is 58.4 Å². The molecule has 2 aliphatic rings. The number of hydrogen-bond acceptors (Lipinski definition) is 3. The van der Waals surface area contributed by atoms with Crippen LogP contribution in [0.5, 0.6) is 0 Å². The second-order valence-corrected chi connectivity index (χ2v) is 8.25. The van der Waals surface area contributed by atoms with E-state index in [9.17, 15) is 4.79 Å². The molecule has 0 unspecified atom stereocenters. The summed E-state index contributed by atoms with van der Waals surface area (Å²) >= 11 is 3.65. The van der Waals surface area contributed by atoms with Gasteiger partial charge in [0, 0.05) is 46.3 Å². The molecule has 7 heteroatoms. The van der Waals surface area contributed by atoms with E-state index in [4.69, 9.17) is 0 Å². The fraction of sp³-hybridized carbons (Fsp3) is 0.333. The zero-order valence-electron chi connectivity index (χ0n) is 15.8. The molecule has 4 heterocycles. The fourth-order valence-electron chi connectivity index (χ4n) is 4.15. The van der Waals surface area contributed by atoms with Gasteiger partial charge in [0.15, 0.2) is 0 Å². The lowest BCUT2D eigenvalue weighted by Gasteiger charge is -2.16.